The highest BCUT2D eigenvalue weighted by atomic mass is 15.0. The van der Waals surface area contributed by atoms with Gasteiger partial charge in [-0.1, -0.05) is 146 Å². The molecule has 0 saturated carbocycles. The fourth-order valence-electron chi connectivity index (χ4n) is 8.37. The monoisotopic (exact) mass is 714 g/mol. The highest BCUT2D eigenvalue weighted by molar-refractivity contribution is 6.20. The fourth-order valence-corrected chi connectivity index (χ4v) is 8.37. The molecule has 3 heterocycles. The van der Waals surface area contributed by atoms with Crippen LogP contribution < -0.4 is 0 Å². The van der Waals surface area contributed by atoms with Crippen molar-refractivity contribution in [1.82, 2.24) is 19.5 Å². The Kier molecular flexibility index (Phi) is 7.46. The molecule has 0 aliphatic heterocycles. The summed E-state index contributed by atoms with van der Waals surface area (Å²) in [6.07, 6.45) is 0. The van der Waals surface area contributed by atoms with Crippen molar-refractivity contribution in [2.75, 3.05) is 0 Å². The van der Waals surface area contributed by atoms with Gasteiger partial charge in [0.05, 0.1) is 22.4 Å². The highest BCUT2D eigenvalue weighted by Gasteiger charge is 2.20. The molecule has 4 nitrogen and oxygen atoms in total. The quantitative estimate of drug-likeness (QED) is 0.186. The molecule has 0 fully saturated rings. The summed E-state index contributed by atoms with van der Waals surface area (Å²) in [5.41, 5.74) is 15.3. The molecule has 0 spiro atoms. The summed E-state index contributed by atoms with van der Waals surface area (Å²) >= 11 is 0. The van der Waals surface area contributed by atoms with E-state index in [2.05, 4.69) is 185 Å². The minimum Gasteiger partial charge on any atom is -0.354 e. The molecule has 0 amide bonds. The lowest BCUT2D eigenvalue weighted by Gasteiger charge is -2.12. The molecule has 0 aliphatic carbocycles. The second-order valence-electron chi connectivity index (χ2n) is 14.3. The first-order valence-electron chi connectivity index (χ1n) is 19.0. The van der Waals surface area contributed by atoms with E-state index >= 15 is 0 Å². The van der Waals surface area contributed by atoms with Crippen LogP contribution in [0.5, 0.6) is 0 Å². The van der Waals surface area contributed by atoms with Crippen molar-refractivity contribution in [3.8, 4) is 61.8 Å². The summed E-state index contributed by atoms with van der Waals surface area (Å²) in [6.45, 7) is 0. The Morgan fingerprint density at radius 3 is 1.54 bits per heavy atom. The van der Waals surface area contributed by atoms with Crippen LogP contribution in [0.25, 0.3) is 105 Å². The molecule has 0 saturated heterocycles. The van der Waals surface area contributed by atoms with Crippen molar-refractivity contribution < 1.29 is 0 Å². The first-order chi connectivity index (χ1) is 27.8. The van der Waals surface area contributed by atoms with Gasteiger partial charge in [-0.25, -0.2) is 9.97 Å². The predicted octanol–water partition coefficient (Wildman–Crippen LogP) is 13.5. The Bertz CT molecular complexity index is 3160. The molecule has 4 heteroatoms. The third kappa shape index (κ3) is 5.31. The lowest BCUT2D eigenvalue weighted by molar-refractivity contribution is 1.18. The van der Waals surface area contributed by atoms with Gasteiger partial charge in [0.25, 0.3) is 0 Å². The van der Waals surface area contributed by atoms with E-state index in [9.17, 15) is 0 Å². The summed E-state index contributed by atoms with van der Waals surface area (Å²) in [7, 11) is 0. The Hall–Kier alpha value is -7.56. The molecule has 0 aliphatic rings. The highest BCUT2D eigenvalue weighted by Crippen LogP contribution is 2.43. The molecular formula is C52H34N4. The van der Waals surface area contributed by atoms with Crippen LogP contribution in [-0.2, 0) is 0 Å². The minimum absolute atomic E-state index is 0.703. The van der Waals surface area contributed by atoms with E-state index in [1.54, 1.807) is 0 Å². The molecule has 0 bridgehead atoms. The van der Waals surface area contributed by atoms with Gasteiger partial charge in [0.15, 0.2) is 5.82 Å². The van der Waals surface area contributed by atoms with Crippen molar-refractivity contribution in [2.45, 2.75) is 0 Å². The molecular weight excluding hydrogens is 681 g/mol. The molecule has 1 N–H and O–H groups in total. The van der Waals surface area contributed by atoms with Crippen molar-refractivity contribution >= 4 is 43.6 Å². The van der Waals surface area contributed by atoms with E-state index in [4.69, 9.17) is 9.97 Å². The second-order valence-corrected chi connectivity index (χ2v) is 14.3. The average Bonchev–Trinajstić information content (AvgIpc) is 3.83. The van der Waals surface area contributed by atoms with Gasteiger partial charge < -0.3 is 9.55 Å². The first kappa shape index (κ1) is 31.9. The van der Waals surface area contributed by atoms with E-state index in [1.807, 2.05) is 24.3 Å². The van der Waals surface area contributed by atoms with Crippen LogP contribution in [0.3, 0.4) is 0 Å². The lowest BCUT2D eigenvalue weighted by atomic mass is 9.94. The molecule has 0 radical (unpaired) electrons. The molecule has 0 unspecified atom stereocenters. The lowest BCUT2D eigenvalue weighted by Crippen LogP contribution is -1.96. The number of rotatable bonds is 6. The van der Waals surface area contributed by atoms with Crippen LogP contribution in [0, 0.1) is 0 Å². The van der Waals surface area contributed by atoms with E-state index in [-0.39, 0.29) is 0 Å². The summed E-state index contributed by atoms with van der Waals surface area (Å²) in [4.78, 5) is 14.1. The number of aromatic amines is 1. The van der Waals surface area contributed by atoms with Crippen LogP contribution in [0.15, 0.2) is 200 Å². The van der Waals surface area contributed by atoms with Gasteiger partial charge in [-0.3, -0.25) is 0 Å². The van der Waals surface area contributed by atoms with Crippen molar-refractivity contribution in [3.05, 3.63) is 200 Å². The number of hydrogen-bond acceptors (Lipinski definition) is 2. The summed E-state index contributed by atoms with van der Waals surface area (Å²) < 4.78 is 2.39. The van der Waals surface area contributed by atoms with Gasteiger partial charge in [-0.2, -0.15) is 0 Å². The van der Waals surface area contributed by atoms with Gasteiger partial charge in [-0.15, -0.1) is 0 Å². The Labute approximate surface area is 324 Å². The smallest absolute Gasteiger partial charge is 0.160 e. The zero-order chi connectivity index (χ0) is 37.0. The molecule has 262 valence electrons. The number of para-hydroxylation sites is 1. The first-order valence-corrected chi connectivity index (χ1v) is 19.0. The topological polar surface area (TPSA) is 46.5 Å². The third-order valence-corrected chi connectivity index (χ3v) is 10.9. The number of nitrogens with one attached hydrogen (secondary N) is 1. The minimum atomic E-state index is 0.703. The SMILES string of the molecule is c1ccc(-c2ccc3c(c2)c2cc(-c4cccc5[nH]c6cccc(-c7cc(-c8ccccc8)nc(-c8ccccc8)n7)c6c45)ccc2n3-c2ccccc2)cc1. The molecule has 3 aromatic heterocycles. The number of H-pyrrole nitrogens is 1. The van der Waals surface area contributed by atoms with Gasteiger partial charge in [-0.05, 0) is 76.9 Å². The molecule has 56 heavy (non-hydrogen) atoms. The van der Waals surface area contributed by atoms with E-state index in [1.165, 1.54) is 43.9 Å². The maximum Gasteiger partial charge on any atom is 0.160 e. The number of benzene rings is 8. The third-order valence-electron chi connectivity index (χ3n) is 10.9. The van der Waals surface area contributed by atoms with Gasteiger partial charge in [0.1, 0.15) is 0 Å². The Balaban J connectivity index is 1.15. The van der Waals surface area contributed by atoms with E-state index in [0.717, 1.165) is 55.7 Å². The van der Waals surface area contributed by atoms with Crippen LogP contribution >= 0.6 is 0 Å². The average molecular weight is 715 g/mol. The van der Waals surface area contributed by atoms with Crippen molar-refractivity contribution in [2.24, 2.45) is 0 Å². The van der Waals surface area contributed by atoms with Crippen LogP contribution in [0.1, 0.15) is 0 Å². The van der Waals surface area contributed by atoms with Crippen LogP contribution in [-0.4, -0.2) is 19.5 Å². The predicted molar refractivity (Wildman–Crippen MR) is 233 cm³/mol. The van der Waals surface area contributed by atoms with Crippen molar-refractivity contribution in [1.29, 1.82) is 0 Å². The zero-order valence-electron chi connectivity index (χ0n) is 30.4. The summed E-state index contributed by atoms with van der Waals surface area (Å²) in [5, 5.41) is 4.76. The van der Waals surface area contributed by atoms with Crippen LogP contribution in [0.4, 0.5) is 0 Å². The number of fused-ring (bicyclic) bond motifs is 6. The second kappa shape index (κ2) is 13.1. The number of hydrogen-bond donors (Lipinski definition) is 1. The van der Waals surface area contributed by atoms with Crippen LogP contribution in [0.2, 0.25) is 0 Å². The number of nitrogens with zero attached hydrogens (tertiary/aromatic N) is 3. The van der Waals surface area contributed by atoms with Crippen molar-refractivity contribution in [3.63, 3.8) is 0 Å². The van der Waals surface area contributed by atoms with Gasteiger partial charge in [0.2, 0.25) is 0 Å². The standard InChI is InChI=1S/C52H34N4/c1-5-15-34(16-6-1)37-27-29-48-42(31-37)43-32-38(28-30-49(43)56(48)39-21-11-4-12-22-39)40-23-13-25-44-50(40)51-41(24-14-26-45(51)53-44)47-33-46(35-17-7-2-8-18-35)54-52(55-47)36-19-9-3-10-20-36/h1-33,53H. The molecule has 11 aromatic rings. The Morgan fingerprint density at radius 2 is 0.875 bits per heavy atom. The zero-order valence-corrected chi connectivity index (χ0v) is 30.4. The van der Waals surface area contributed by atoms with Gasteiger partial charge >= 0.3 is 0 Å². The fraction of sp³-hybridized carbons (Fsp3) is 0. The summed E-state index contributed by atoms with van der Waals surface area (Å²) in [6, 6.07) is 71.0. The molecule has 0 atom stereocenters. The summed E-state index contributed by atoms with van der Waals surface area (Å²) in [5.74, 6) is 0.703. The molecule has 8 aromatic carbocycles. The van der Waals surface area contributed by atoms with E-state index < -0.39 is 0 Å². The number of aromatic nitrogens is 4. The van der Waals surface area contributed by atoms with Gasteiger partial charge in [0, 0.05) is 55.0 Å². The molecule has 11 rings (SSSR count). The van der Waals surface area contributed by atoms with E-state index in [0.29, 0.717) is 5.82 Å². The largest absolute Gasteiger partial charge is 0.354 e. The maximum absolute atomic E-state index is 5.25. The Morgan fingerprint density at radius 1 is 0.357 bits per heavy atom. The normalized spacial score (nSPS) is 11.6. The maximum atomic E-state index is 5.25.